The number of rotatable bonds is 17. The Kier molecular flexibility index (Phi) is 14.7. The fraction of sp³-hybridized carbons (Fsp3) is 0.833. The molecule has 2 rings (SSSR count). The lowest BCUT2D eigenvalue weighted by Crippen LogP contribution is -2.57. The number of aliphatic hydroxyl groups excluding tert-OH is 1. The van der Waals surface area contributed by atoms with Crippen LogP contribution in [0.2, 0.25) is 0 Å². The zero-order valence-corrected chi connectivity index (χ0v) is 28.6. The molecule has 4 amide bonds. The lowest BCUT2D eigenvalue weighted by molar-refractivity contribution is -0.162. The van der Waals surface area contributed by atoms with Crippen LogP contribution < -0.4 is 21.3 Å². The van der Waals surface area contributed by atoms with Gasteiger partial charge in [-0.1, -0.05) is 53.6 Å². The van der Waals surface area contributed by atoms with Gasteiger partial charge >= 0.3 is 0 Å². The van der Waals surface area contributed by atoms with E-state index in [1.54, 1.807) is 6.92 Å². The second-order valence-electron chi connectivity index (χ2n) is 13.5. The third-order valence-corrected chi connectivity index (χ3v) is 8.63. The van der Waals surface area contributed by atoms with Crippen LogP contribution in [-0.4, -0.2) is 98.5 Å². The molecule has 2 heterocycles. The van der Waals surface area contributed by atoms with Crippen LogP contribution in [0.4, 0.5) is 0 Å². The van der Waals surface area contributed by atoms with Gasteiger partial charge in [0.15, 0.2) is 5.71 Å². The van der Waals surface area contributed by atoms with E-state index in [2.05, 4.69) is 26.4 Å². The van der Waals surface area contributed by atoms with Crippen molar-refractivity contribution in [2.24, 2.45) is 34.7 Å². The van der Waals surface area contributed by atoms with E-state index in [0.717, 1.165) is 6.26 Å². The molecule has 0 bridgehead atoms. The Morgan fingerprint density at radius 2 is 1.60 bits per heavy atom. The van der Waals surface area contributed by atoms with Crippen molar-refractivity contribution in [3.05, 3.63) is 0 Å². The van der Waals surface area contributed by atoms with E-state index in [1.807, 2.05) is 41.5 Å². The number of amides is 4. The summed E-state index contributed by atoms with van der Waals surface area (Å²) in [7, 11) is -3.72. The summed E-state index contributed by atoms with van der Waals surface area (Å²) in [5.74, 6) is -3.99. The van der Waals surface area contributed by atoms with Gasteiger partial charge in [-0.15, -0.1) is 0 Å². The first-order valence-electron chi connectivity index (χ1n) is 15.8. The van der Waals surface area contributed by atoms with Gasteiger partial charge in [0.05, 0.1) is 30.4 Å². The first-order valence-corrected chi connectivity index (χ1v) is 17.9. The number of fused-ring (bicyclic) bond motifs is 1. The van der Waals surface area contributed by atoms with Crippen LogP contribution in [0.25, 0.3) is 0 Å². The monoisotopic (exact) mass is 659 g/mol. The third-order valence-electron chi connectivity index (χ3n) is 7.69. The molecule has 0 aromatic carbocycles. The van der Waals surface area contributed by atoms with E-state index in [4.69, 9.17) is 9.57 Å². The predicted octanol–water partition coefficient (Wildman–Crippen LogP) is 0.486. The zero-order valence-electron chi connectivity index (χ0n) is 27.8. The Labute approximate surface area is 267 Å². The van der Waals surface area contributed by atoms with Crippen LogP contribution in [0, 0.1) is 29.6 Å². The largest absolute Gasteiger partial charge is 0.391 e. The Morgan fingerprint density at radius 1 is 0.933 bits per heavy atom. The molecule has 5 N–H and O–H groups in total. The van der Waals surface area contributed by atoms with E-state index in [1.165, 1.54) is 0 Å². The Bertz CT molecular complexity index is 1170. The standard InChI is InChI=1S/C30H53N5O9S/c1-16(2)12-21(23(36)13-19(7)26(37)34-24(18(5)6)28(39)31-14-17(3)4)32-27(38)22(15-45(8,41)42)33-29(40)25-20-10-9-11-43-30(20)44-35-25/h16-24,30,36H,9-15H2,1-8H3,(H,31,39)(H,32,38)(H,33,40)(H,34,37)/t19-,20-,21+,22+,23+,24+,30+/m1/s1. The van der Waals surface area contributed by atoms with Crippen molar-refractivity contribution in [2.75, 3.05) is 25.2 Å². The molecule has 258 valence electrons. The maximum Gasteiger partial charge on any atom is 0.270 e. The molecule has 0 radical (unpaired) electrons. The minimum Gasteiger partial charge on any atom is -0.391 e. The summed E-state index contributed by atoms with van der Waals surface area (Å²) in [5.41, 5.74) is 0.0298. The molecular formula is C30H53N5O9S. The molecule has 0 saturated carbocycles. The summed E-state index contributed by atoms with van der Waals surface area (Å²) in [6, 6.07) is -3.09. The molecule has 0 aromatic heterocycles. The molecule has 0 aliphatic carbocycles. The highest BCUT2D eigenvalue weighted by Crippen LogP contribution is 2.28. The summed E-state index contributed by atoms with van der Waals surface area (Å²) >= 11 is 0. The Morgan fingerprint density at radius 3 is 2.18 bits per heavy atom. The van der Waals surface area contributed by atoms with Gasteiger partial charge in [0.2, 0.25) is 24.0 Å². The highest BCUT2D eigenvalue weighted by Gasteiger charge is 2.42. The Balaban J connectivity index is 2.12. The Hall–Kier alpha value is -2.78. The minimum atomic E-state index is -3.72. The van der Waals surface area contributed by atoms with Gasteiger partial charge in [-0.2, -0.15) is 0 Å². The van der Waals surface area contributed by atoms with Crippen molar-refractivity contribution in [3.63, 3.8) is 0 Å². The molecule has 0 aromatic rings. The normalized spacial score (nSPS) is 21.6. The molecule has 1 saturated heterocycles. The molecule has 0 spiro atoms. The molecule has 7 atom stereocenters. The van der Waals surface area contributed by atoms with Gasteiger partial charge in [-0.25, -0.2) is 8.42 Å². The number of carbonyl (C=O) groups excluding carboxylic acids is 4. The van der Waals surface area contributed by atoms with E-state index in [0.29, 0.717) is 32.4 Å². The lowest BCUT2D eigenvalue weighted by atomic mass is 9.91. The van der Waals surface area contributed by atoms with E-state index in [9.17, 15) is 32.7 Å². The van der Waals surface area contributed by atoms with Crippen LogP contribution in [0.15, 0.2) is 5.16 Å². The number of carbonyl (C=O) groups is 4. The number of oxime groups is 1. The molecule has 1 fully saturated rings. The second kappa shape index (κ2) is 17.2. The first-order chi connectivity index (χ1) is 20.9. The predicted molar refractivity (Wildman–Crippen MR) is 168 cm³/mol. The van der Waals surface area contributed by atoms with Gasteiger partial charge in [-0.05, 0) is 43.4 Å². The minimum absolute atomic E-state index is 0.0141. The summed E-state index contributed by atoms with van der Waals surface area (Å²) in [5, 5.41) is 25.8. The zero-order chi connectivity index (χ0) is 34.1. The van der Waals surface area contributed by atoms with Crippen molar-refractivity contribution in [1.82, 2.24) is 21.3 Å². The van der Waals surface area contributed by atoms with Crippen LogP contribution in [0.5, 0.6) is 0 Å². The number of aliphatic hydroxyl groups is 1. The average Bonchev–Trinajstić information content (AvgIpc) is 3.36. The molecule has 45 heavy (non-hydrogen) atoms. The number of sulfone groups is 1. The number of ether oxygens (including phenoxy) is 1. The number of nitrogens with one attached hydrogen (secondary N) is 4. The summed E-state index contributed by atoms with van der Waals surface area (Å²) in [4.78, 5) is 57.5. The quantitative estimate of drug-likeness (QED) is 0.147. The highest BCUT2D eigenvalue weighted by atomic mass is 32.2. The molecule has 2 aliphatic heterocycles. The van der Waals surface area contributed by atoms with Gasteiger partial charge in [0, 0.05) is 18.7 Å². The van der Waals surface area contributed by atoms with Crippen LogP contribution >= 0.6 is 0 Å². The fourth-order valence-corrected chi connectivity index (χ4v) is 6.05. The fourth-order valence-electron chi connectivity index (χ4n) is 5.21. The van der Waals surface area contributed by atoms with Gasteiger partial charge < -0.3 is 35.9 Å². The summed E-state index contributed by atoms with van der Waals surface area (Å²) < 4.78 is 29.9. The average molecular weight is 660 g/mol. The first kappa shape index (κ1) is 38.4. The van der Waals surface area contributed by atoms with Gasteiger partial charge in [-0.3, -0.25) is 19.2 Å². The molecule has 2 aliphatic rings. The van der Waals surface area contributed by atoms with Crippen molar-refractivity contribution in [1.29, 1.82) is 0 Å². The maximum absolute atomic E-state index is 13.5. The molecule has 15 heteroatoms. The van der Waals surface area contributed by atoms with Crippen LogP contribution in [0.1, 0.15) is 74.1 Å². The maximum atomic E-state index is 13.5. The molecule has 14 nitrogen and oxygen atoms in total. The summed E-state index contributed by atoms with van der Waals surface area (Å²) in [6.45, 7) is 13.9. The SMILES string of the molecule is CC(C)CNC(=O)[C@@H](NC(=O)[C@H](C)C[C@H](O)[C@H](CC(C)C)NC(=O)[C@H](CS(C)(=O)=O)NC(=O)C1=NO[C@@H]2OCCC[C@H]12)C(C)C. The topological polar surface area (TPSA) is 202 Å². The number of nitrogens with zero attached hydrogens (tertiary/aromatic N) is 1. The van der Waals surface area contributed by atoms with E-state index < -0.39 is 75.7 Å². The van der Waals surface area contributed by atoms with Crippen LogP contribution in [0.3, 0.4) is 0 Å². The van der Waals surface area contributed by atoms with Crippen molar-refractivity contribution in [3.8, 4) is 0 Å². The van der Waals surface area contributed by atoms with Gasteiger partial charge in [0.1, 0.15) is 21.9 Å². The molecular weight excluding hydrogens is 606 g/mol. The number of hydrogen-bond acceptors (Lipinski definition) is 10. The smallest absolute Gasteiger partial charge is 0.270 e. The second-order valence-corrected chi connectivity index (χ2v) is 15.7. The lowest BCUT2D eigenvalue weighted by Gasteiger charge is -2.30. The van der Waals surface area contributed by atoms with Gasteiger partial charge in [0.25, 0.3) is 5.91 Å². The van der Waals surface area contributed by atoms with Crippen molar-refractivity contribution in [2.45, 2.75) is 105 Å². The highest BCUT2D eigenvalue weighted by molar-refractivity contribution is 7.90. The van der Waals surface area contributed by atoms with E-state index in [-0.39, 0.29) is 35.8 Å². The molecule has 0 unspecified atom stereocenters. The summed E-state index contributed by atoms with van der Waals surface area (Å²) in [6.07, 6.45) is 0.628. The van der Waals surface area contributed by atoms with Crippen molar-refractivity contribution >= 4 is 39.2 Å². The third kappa shape index (κ3) is 12.5. The van der Waals surface area contributed by atoms with Crippen LogP contribution in [-0.2, 0) is 38.6 Å². The van der Waals surface area contributed by atoms with E-state index >= 15 is 0 Å². The van der Waals surface area contributed by atoms with Crippen molar-refractivity contribution < 1.29 is 42.3 Å². The number of hydrogen-bond donors (Lipinski definition) is 5.